The molecule has 0 spiro atoms. The molecular formula is C11H19N3O. The number of nitrogens with one attached hydrogen (secondary N) is 1. The van der Waals surface area contributed by atoms with E-state index in [9.17, 15) is 0 Å². The van der Waals surface area contributed by atoms with E-state index in [1.807, 2.05) is 18.0 Å². The lowest BCUT2D eigenvalue weighted by atomic mass is 10.4. The van der Waals surface area contributed by atoms with E-state index in [1.165, 1.54) is 0 Å². The first-order valence-corrected chi connectivity index (χ1v) is 5.13. The van der Waals surface area contributed by atoms with Gasteiger partial charge in [0.1, 0.15) is 6.26 Å². The number of oxazole rings is 1. The molecule has 1 heterocycles. The summed E-state index contributed by atoms with van der Waals surface area (Å²) in [5.74, 6) is 0. The molecule has 0 atom stereocenters. The van der Waals surface area contributed by atoms with Crippen molar-refractivity contribution in [3.05, 3.63) is 24.6 Å². The first-order valence-electron chi connectivity index (χ1n) is 5.13. The van der Waals surface area contributed by atoms with Crippen LogP contribution >= 0.6 is 0 Å². The normalized spacial score (nSPS) is 10.7. The molecule has 0 amide bonds. The van der Waals surface area contributed by atoms with Crippen LogP contribution < -0.4 is 10.2 Å². The van der Waals surface area contributed by atoms with Crippen LogP contribution in [0.25, 0.3) is 0 Å². The molecule has 1 aromatic heterocycles. The molecular weight excluding hydrogens is 190 g/mol. The van der Waals surface area contributed by atoms with Crippen LogP contribution in [0.3, 0.4) is 0 Å². The highest BCUT2D eigenvalue weighted by Crippen LogP contribution is 2.11. The van der Waals surface area contributed by atoms with Gasteiger partial charge in [-0.05, 0) is 0 Å². The van der Waals surface area contributed by atoms with E-state index >= 15 is 0 Å². The van der Waals surface area contributed by atoms with Crippen molar-refractivity contribution in [3.63, 3.8) is 0 Å². The lowest BCUT2D eigenvalue weighted by molar-refractivity contribution is 0.545. The summed E-state index contributed by atoms with van der Waals surface area (Å²) >= 11 is 0. The minimum absolute atomic E-state index is 0.455. The van der Waals surface area contributed by atoms with Gasteiger partial charge < -0.3 is 14.6 Å². The van der Waals surface area contributed by atoms with Crippen LogP contribution in [0, 0.1) is 0 Å². The van der Waals surface area contributed by atoms with Crippen LogP contribution in [-0.4, -0.2) is 24.6 Å². The molecule has 0 fully saturated rings. The van der Waals surface area contributed by atoms with Gasteiger partial charge in [0.25, 0.3) is 6.01 Å². The zero-order valence-corrected chi connectivity index (χ0v) is 9.66. The van der Waals surface area contributed by atoms with Gasteiger partial charge in [0.2, 0.25) is 0 Å². The maximum absolute atomic E-state index is 5.34. The first-order chi connectivity index (χ1) is 7.13. The van der Waals surface area contributed by atoms with Crippen molar-refractivity contribution in [3.8, 4) is 0 Å². The minimum Gasteiger partial charge on any atom is -0.432 e. The van der Waals surface area contributed by atoms with Gasteiger partial charge in [-0.25, -0.2) is 0 Å². The SMILES string of the molecule is C=CCN(C)c1nc(CNC(C)C)co1. The number of hydrogen-bond acceptors (Lipinski definition) is 4. The smallest absolute Gasteiger partial charge is 0.297 e. The largest absolute Gasteiger partial charge is 0.432 e. The van der Waals surface area contributed by atoms with Crippen LogP contribution in [0.5, 0.6) is 0 Å². The number of anilines is 1. The highest BCUT2D eigenvalue weighted by Gasteiger charge is 2.07. The third-order valence-corrected chi connectivity index (χ3v) is 1.96. The summed E-state index contributed by atoms with van der Waals surface area (Å²) in [5.41, 5.74) is 0.926. The zero-order valence-electron chi connectivity index (χ0n) is 9.66. The maximum atomic E-state index is 5.34. The molecule has 0 aliphatic heterocycles. The molecule has 15 heavy (non-hydrogen) atoms. The van der Waals surface area contributed by atoms with E-state index in [0.29, 0.717) is 12.1 Å². The molecule has 0 bridgehead atoms. The Balaban J connectivity index is 2.51. The Morgan fingerprint density at radius 2 is 2.40 bits per heavy atom. The molecule has 0 saturated carbocycles. The molecule has 1 N–H and O–H groups in total. The van der Waals surface area contributed by atoms with Crippen molar-refractivity contribution in [2.75, 3.05) is 18.5 Å². The molecule has 4 nitrogen and oxygen atoms in total. The molecule has 0 unspecified atom stereocenters. The van der Waals surface area contributed by atoms with Crippen molar-refractivity contribution >= 4 is 6.01 Å². The summed E-state index contributed by atoms with van der Waals surface area (Å²) < 4.78 is 5.34. The highest BCUT2D eigenvalue weighted by molar-refractivity contribution is 5.26. The Kier molecular flexibility index (Phi) is 4.37. The van der Waals surface area contributed by atoms with Crippen molar-refractivity contribution < 1.29 is 4.42 Å². The van der Waals surface area contributed by atoms with Gasteiger partial charge in [-0.1, -0.05) is 19.9 Å². The molecule has 1 aromatic rings. The average molecular weight is 209 g/mol. The minimum atomic E-state index is 0.455. The van der Waals surface area contributed by atoms with Crippen LogP contribution in [0.15, 0.2) is 23.3 Å². The Hall–Kier alpha value is -1.29. The van der Waals surface area contributed by atoms with Crippen molar-refractivity contribution in [2.45, 2.75) is 26.4 Å². The number of aromatic nitrogens is 1. The Morgan fingerprint density at radius 3 is 3.00 bits per heavy atom. The Labute approximate surface area is 91.0 Å². The standard InChI is InChI=1S/C11H19N3O/c1-5-6-14(4)11-13-10(8-15-11)7-12-9(2)3/h5,8-9,12H,1,6-7H2,2-4H3. The van der Waals surface area contributed by atoms with Crippen LogP contribution in [0.4, 0.5) is 6.01 Å². The average Bonchev–Trinajstić information content (AvgIpc) is 2.63. The van der Waals surface area contributed by atoms with Gasteiger partial charge in [-0.2, -0.15) is 4.98 Å². The molecule has 0 radical (unpaired) electrons. The molecule has 0 saturated heterocycles. The second-order valence-electron chi connectivity index (χ2n) is 3.83. The fourth-order valence-electron chi connectivity index (χ4n) is 1.13. The highest BCUT2D eigenvalue weighted by atomic mass is 16.4. The zero-order chi connectivity index (χ0) is 11.3. The summed E-state index contributed by atoms with van der Waals surface area (Å²) in [6.45, 7) is 9.35. The van der Waals surface area contributed by atoms with E-state index in [2.05, 4.69) is 30.7 Å². The fourth-order valence-corrected chi connectivity index (χ4v) is 1.13. The quantitative estimate of drug-likeness (QED) is 0.725. The number of nitrogens with zero attached hydrogens (tertiary/aromatic N) is 2. The second-order valence-corrected chi connectivity index (χ2v) is 3.83. The van der Waals surface area contributed by atoms with Gasteiger partial charge in [-0.3, -0.25) is 0 Å². The van der Waals surface area contributed by atoms with Gasteiger partial charge in [-0.15, -0.1) is 6.58 Å². The summed E-state index contributed by atoms with van der Waals surface area (Å²) in [7, 11) is 1.92. The monoisotopic (exact) mass is 209 g/mol. The predicted octanol–water partition coefficient (Wildman–Crippen LogP) is 1.79. The lowest BCUT2D eigenvalue weighted by Gasteiger charge is -2.10. The van der Waals surface area contributed by atoms with E-state index < -0.39 is 0 Å². The molecule has 1 rings (SSSR count). The van der Waals surface area contributed by atoms with Gasteiger partial charge >= 0.3 is 0 Å². The topological polar surface area (TPSA) is 41.3 Å². The lowest BCUT2D eigenvalue weighted by Crippen LogP contribution is -2.22. The third-order valence-electron chi connectivity index (χ3n) is 1.96. The Morgan fingerprint density at radius 1 is 1.67 bits per heavy atom. The number of hydrogen-bond donors (Lipinski definition) is 1. The van der Waals surface area contributed by atoms with Crippen LogP contribution in [0.1, 0.15) is 19.5 Å². The fraction of sp³-hybridized carbons (Fsp3) is 0.545. The van der Waals surface area contributed by atoms with Crippen molar-refractivity contribution in [1.82, 2.24) is 10.3 Å². The molecule has 4 heteroatoms. The predicted molar refractivity (Wildman–Crippen MR) is 61.9 cm³/mol. The molecule has 0 aromatic carbocycles. The van der Waals surface area contributed by atoms with E-state index in [1.54, 1.807) is 6.26 Å². The van der Waals surface area contributed by atoms with E-state index in [-0.39, 0.29) is 0 Å². The molecule has 0 aliphatic rings. The van der Waals surface area contributed by atoms with E-state index in [4.69, 9.17) is 4.42 Å². The summed E-state index contributed by atoms with van der Waals surface area (Å²) in [6.07, 6.45) is 3.50. The summed E-state index contributed by atoms with van der Waals surface area (Å²) in [4.78, 5) is 6.26. The Bertz CT molecular complexity index is 307. The van der Waals surface area contributed by atoms with Gasteiger partial charge in [0.15, 0.2) is 0 Å². The van der Waals surface area contributed by atoms with Gasteiger partial charge in [0.05, 0.1) is 5.69 Å². The van der Waals surface area contributed by atoms with Crippen LogP contribution in [-0.2, 0) is 6.54 Å². The summed E-state index contributed by atoms with van der Waals surface area (Å²) in [6, 6.07) is 1.09. The summed E-state index contributed by atoms with van der Waals surface area (Å²) in [5, 5.41) is 3.28. The number of likely N-dealkylation sites (N-methyl/N-ethyl adjacent to an activating group) is 1. The first kappa shape index (κ1) is 11.8. The molecule has 84 valence electrons. The maximum Gasteiger partial charge on any atom is 0.297 e. The van der Waals surface area contributed by atoms with E-state index in [0.717, 1.165) is 18.8 Å². The van der Waals surface area contributed by atoms with Crippen molar-refractivity contribution in [1.29, 1.82) is 0 Å². The van der Waals surface area contributed by atoms with Gasteiger partial charge in [0, 0.05) is 26.2 Å². The third kappa shape index (κ3) is 3.75. The second kappa shape index (κ2) is 5.56. The number of rotatable bonds is 6. The van der Waals surface area contributed by atoms with Crippen molar-refractivity contribution in [2.24, 2.45) is 0 Å². The molecule has 0 aliphatic carbocycles. The van der Waals surface area contributed by atoms with Crippen LogP contribution in [0.2, 0.25) is 0 Å².